The van der Waals surface area contributed by atoms with Gasteiger partial charge in [0.2, 0.25) is 0 Å². The Labute approximate surface area is 166 Å². The molecule has 1 aromatic carbocycles. The molecule has 1 saturated carbocycles. The maximum atomic E-state index is 13.9. The smallest absolute Gasteiger partial charge is 0.416 e. The number of benzene rings is 1. The molecule has 146 valence electrons. The van der Waals surface area contributed by atoms with Crippen LogP contribution < -0.4 is 0 Å². The van der Waals surface area contributed by atoms with Gasteiger partial charge in [0, 0.05) is 18.1 Å². The van der Waals surface area contributed by atoms with E-state index in [4.69, 9.17) is 14.6 Å². The second kappa shape index (κ2) is 7.69. The van der Waals surface area contributed by atoms with Gasteiger partial charge in [-0.3, -0.25) is 4.79 Å². The zero-order valence-corrected chi connectivity index (χ0v) is 16.0. The van der Waals surface area contributed by atoms with Crippen LogP contribution in [-0.4, -0.2) is 21.1 Å². The number of ether oxygens (including phenoxy) is 2. The first-order valence-corrected chi connectivity index (χ1v) is 9.34. The summed E-state index contributed by atoms with van der Waals surface area (Å²) in [5.41, 5.74) is -1.05. The van der Waals surface area contributed by atoms with Crippen LogP contribution in [0.3, 0.4) is 0 Å². The molecule has 1 fully saturated rings. The molecule has 1 aromatic rings. The van der Waals surface area contributed by atoms with Crippen molar-refractivity contribution in [1.29, 1.82) is 0 Å². The lowest BCUT2D eigenvalue weighted by Crippen LogP contribution is -2.08. The van der Waals surface area contributed by atoms with E-state index >= 15 is 0 Å². The fourth-order valence-electron chi connectivity index (χ4n) is 2.68. The summed E-state index contributed by atoms with van der Waals surface area (Å²) < 4.78 is 62.6. The van der Waals surface area contributed by atoms with E-state index in [1.807, 2.05) is 22.6 Å². The van der Waals surface area contributed by atoms with Gasteiger partial charge < -0.3 is 14.6 Å². The molecule has 0 aliphatic heterocycles. The van der Waals surface area contributed by atoms with Crippen molar-refractivity contribution in [1.82, 2.24) is 0 Å². The van der Waals surface area contributed by atoms with Crippen LogP contribution in [0.15, 0.2) is 41.9 Å². The number of carbonyl (C=O) groups is 1. The number of carboxylic acids is 1. The van der Waals surface area contributed by atoms with Gasteiger partial charge in [-0.2, -0.15) is 13.2 Å². The summed E-state index contributed by atoms with van der Waals surface area (Å²) in [5.74, 6) is -1.44. The Morgan fingerprint density at radius 2 is 2.07 bits per heavy atom. The molecular formula is C18H15F4IO4. The van der Waals surface area contributed by atoms with Gasteiger partial charge >= 0.3 is 12.1 Å². The van der Waals surface area contributed by atoms with E-state index < -0.39 is 29.4 Å². The summed E-state index contributed by atoms with van der Waals surface area (Å²) in [6.07, 6.45) is -0.431. The highest BCUT2D eigenvalue weighted by atomic mass is 127. The zero-order chi connectivity index (χ0) is 19.8. The SMILES string of the molecule is O=C(O)[C@@H]1[C@@H](I)[C@H]1OC1=CC(OCc2ccc(C(F)(F)F)cc2F)=CCC1. The predicted molar refractivity (Wildman–Crippen MR) is 95.4 cm³/mol. The number of alkyl halides is 4. The average molecular weight is 498 g/mol. The topological polar surface area (TPSA) is 55.8 Å². The predicted octanol–water partition coefficient (Wildman–Crippen LogP) is 4.83. The fraction of sp³-hybridized carbons (Fsp3) is 0.389. The first kappa shape index (κ1) is 20.0. The molecule has 0 amide bonds. The van der Waals surface area contributed by atoms with Crippen molar-refractivity contribution in [3.05, 3.63) is 58.8 Å². The molecule has 0 spiro atoms. The van der Waals surface area contributed by atoms with Gasteiger partial charge in [-0.15, -0.1) is 0 Å². The molecule has 0 aromatic heterocycles. The number of allylic oxidation sites excluding steroid dienone is 3. The van der Waals surface area contributed by atoms with Crippen LogP contribution in [0.5, 0.6) is 0 Å². The summed E-state index contributed by atoms with van der Waals surface area (Å²) >= 11 is 2.03. The first-order valence-electron chi connectivity index (χ1n) is 8.09. The number of aliphatic carboxylic acids is 1. The molecule has 0 radical (unpaired) electrons. The lowest BCUT2D eigenvalue weighted by Gasteiger charge is -2.16. The van der Waals surface area contributed by atoms with E-state index in [2.05, 4.69) is 0 Å². The highest BCUT2D eigenvalue weighted by Crippen LogP contribution is 2.44. The van der Waals surface area contributed by atoms with Gasteiger partial charge in [0.25, 0.3) is 0 Å². The van der Waals surface area contributed by atoms with Crippen molar-refractivity contribution in [3.8, 4) is 0 Å². The minimum atomic E-state index is -4.60. The van der Waals surface area contributed by atoms with Crippen LogP contribution in [0.2, 0.25) is 0 Å². The lowest BCUT2D eigenvalue weighted by molar-refractivity contribution is -0.139. The van der Waals surface area contributed by atoms with Gasteiger partial charge in [0.15, 0.2) is 0 Å². The first-order chi connectivity index (χ1) is 12.7. The Kier molecular flexibility index (Phi) is 5.68. The van der Waals surface area contributed by atoms with E-state index in [0.29, 0.717) is 30.4 Å². The summed E-state index contributed by atoms with van der Waals surface area (Å²) in [6, 6.07) is 2.30. The third kappa shape index (κ3) is 4.74. The highest BCUT2D eigenvalue weighted by molar-refractivity contribution is 14.1. The molecule has 27 heavy (non-hydrogen) atoms. The van der Waals surface area contributed by atoms with E-state index in [9.17, 15) is 22.4 Å². The van der Waals surface area contributed by atoms with E-state index in [0.717, 1.165) is 12.1 Å². The second-order valence-electron chi connectivity index (χ2n) is 6.24. The maximum absolute atomic E-state index is 13.9. The Hall–Kier alpha value is -1.78. The van der Waals surface area contributed by atoms with E-state index in [1.165, 1.54) is 0 Å². The van der Waals surface area contributed by atoms with E-state index in [-0.39, 0.29) is 22.2 Å². The molecule has 1 N–H and O–H groups in total. The van der Waals surface area contributed by atoms with Crippen LogP contribution in [0.1, 0.15) is 24.0 Å². The van der Waals surface area contributed by atoms with Gasteiger partial charge in [0.05, 0.1) is 9.49 Å². The third-order valence-electron chi connectivity index (χ3n) is 4.26. The lowest BCUT2D eigenvalue weighted by atomic mass is 10.1. The Balaban J connectivity index is 1.59. The third-order valence-corrected chi connectivity index (χ3v) is 5.74. The summed E-state index contributed by atoms with van der Waals surface area (Å²) in [5, 5.41) is 9.04. The van der Waals surface area contributed by atoms with Crippen LogP contribution >= 0.6 is 22.6 Å². The van der Waals surface area contributed by atoms with Gasteiger partial charge in [-0.25, -0.2) is 4.39 Å². The molecule has 3 atom stereocenters. The average Bonchev–Trinajstić information content (AvgIpc) is 3.22. The zero-order valence-electron chi connectivity index (χ0n) is 13.8. The Morgan fingerprint density at radius 1 is 1.33 bits per heavy atom. The fourth-order valence-corrected chi connectivity index (χ4v) is 3.75. The molecule has 2 aliphatic rings. The Bertz CT molecular complexity index is 803. The molecule has 9 heteroatoms. The summed E-state index contributed by atoms with van der Waals surface area (Å²) in [7, 11) is 0. The normalized spacial score (nSPS) is 24.7. The molecule has 2 aliphatic carbocycles. The van der Waals surface area contributed by atoms with Crippen molar-refractivity contribution in [2.75, 3.05) is 0 Å². The van der Waals surface area contributed by atoms with Gasteiger partial charge in [-0.05, 0) is 24.6 Å². The van der Waals surface area contributed by atoms with Crippen molar-refractivity contribution in [3.63, 3.8) is 0 Å². The number of carboxylic acid groups (broad SMARTS) is 1. The standard InChI is InChI=1S/C18H15F4IO4/c19-13-6-10(18(20,21)22)5-4-9(13)8-26-11-2-1-3-12(7-11)27-16-14(15(16)23)17(24)25/h2,4-7,14-16H,1,3,8H2,(H,24,25)/t14-,15-,16+/m1/s1. The number of hydrogen-bond donors (Lipinski definition) is 1. The van der Waals surface area contributed by atoms with Gasteiger partial charge in [-0.1, -0.05) is 28.7 Å². The minimum absolute atomic E-state index is 0.00537. The molecule has 3 rings (SSSR count). The van der Waals surface area contributed by atoms with Crippen molar-refractivity contribution >= 4 is 28.6 Å². The molecule has 4 nitrogen and oxygen atoms in total. The highest BCUT2D eigenvalue weighted by Gasteiger charge is 2.56. The van der Waals surface area contributed by atoms with Crippen LogP contribution in [0.25, 0.3) is 0 Å². The number of halogens is 5. The van der Waals surface area contributed by atoms with Crippen LogP contribution in [0.4, 0.5) is 17.6 Å². The van der Waals surface area contributed by atoms with Crippen LogP contribution in [-0.2, 0) is 27.1 Å². The van der Waals surface area contributed by atoms with Crippen LogP contribution in [0, 0.1) is 11.7 Å². The molecule has 0 heterocycles. The van der Waals surface area contributed by atoms with Crippen molar-refractivity contribution in [2.45, 2.75) is 35.7 Å². The van der Waals surface area contributed by atoms with Gasteiger partial charge in [0.1, 0.15) is 36.0 Å². The minimum Gasteiger partial charge on any atom is -0.493 e. The van der Waals surface area contributed by atoms with Crippen molar-refractivity contribution in [2.24, 2.45) is 5.92 Å². The largest absolute Gasteiger partial charge is 0.493 e. The quantitative estimate of drug-likeness (QED) is 0.347. The van der Waals surface area contributed by atoms with E-state index in [1.54, 1.807) is 12.2 Å². The monoisotopic (exact) mass is 498 g/mol. The molecular weight excluding hydrogens is 483 g/mol. The number of rotatable bonds is 6. The summed E-state index contributed by atoms with van der Waals surface area (Å²) in [4.78, 5) is 11.0. The second-order valence-corrected chi connectivity index (χ2v) is 7.68. The Morgan fingerprint density at radius 3 is 2.67 bits per heavy atom. The molecule has 0 saturated heterocycles. The number of hydrogen-bond acceptors (Lipinski definition) is 3. The maximum Gasteiger partial charge on any atom is 0.416 e. The molecule has 0 bridgehead atoms. The summed E-state index contributed by atoms with van der Waals surface area (Å²) in [6.45, 7) is -0.227. The molecule has 0 unspecified atom stereocenters. The van der Waals surface area contributed by atoms with Crippen molar-refractivity contribution < 1.29 is 36.9 Å².